The summed E-state index contributed by atoms with van der Waals surface area (Å²) in [7, 11) is 1.93. The maximum Gasteiger partial charge on any atom is 0.122 e. The first-order valence-corrected chi connectivity index (χ1v) is 4.68. The van der Waals surface area contributed by atoms with E-state index in [9.17, 15) is 0 Å². The van der Waals surface area contributed by atoms with Crippen LogP contribution in [0.1, 0.15) is 30.4 Å². The smallest absolute Gasteiger partial charge is 0.122 e. The quantitative estimate of drug-likeness (QED) is 0.738. The van der Waals surface area contributed by atoms with E-state index in [1.54, 1.807) is 0 Å². The Morgan fingerprint density at radius 1 is 1.54 bits per heavy atom. The van der Waals surface area contributed by atoms with Crippen molar-refractivity contribution in [2.45, 2.75) is 31.3 Å². The van der Waals surface area contributed by atoms with Crippen molar-refractivity contribution in [1.29, 1.82) is 0 Å². The molecule has 0 saturated heterocycles. The molecule has 1 heterocycles. The summed E-state index contributed by atoms with van der Waals surface area (Å²) in [6, 6.07) is 4.15. The lowest BCUT2D eigenvalue weighted by atomic mass is 10.1. The molecule has 1 aromatic heterocycles. The minimum absolute atomic E-state index is 0.0704. The highest BCUT2D eigenvalue weighted by molar-refractivity contribution is 5.19. The van der Waals surface area contributed by atoms with Gasteiger partial charge >= 0.3 is 0 Å². The second-order valence-corrected chi connectivity index (χ2v) is 3.90. The molecule has 2 rings (SSSR count). The van der Waals surface area contributed by atoms with Gasteiger partial charge in [-0.3, -0.25) is 0 Å². The normalized spacial score (nSPS) is 21.5. The number of aryl methyl sites for hydroxylation is 1. The summed E-state index contributed by atoms with van der Waals surface area (Å²) in [6.45, 7) is 1.95. The van der Waals surface area contributed by atoms with Gasteiger partial charge in [0.2, 0.25) is 0 Å². The number of hydrogen-bond donors (Lipinski definition) is 2. The number of likely N-dealkylation sites (N-methyl/N-ethyl adjacent to an activating group) is 1. The summed E-state index contributed by atoms with van der Waals surface area (Å²) in [6.07, 6.45) is 2.16. The van der Waals surface area contributed by atoms with Crippen LogP contribution >= 0.6 is 0 Å². The van der Waals surface area contributed by atoms with E-state index in [0.29, 0.717) is 0 Å². The third-order valence-corrected chi connectivity index (χ3v) is 2.74. The Labute approximate surface area is 78.3 Å². The fourth-order valence-electron chi connectivity index (χ4n) is 1.75. The lowest BCUT2D eigenvalue weighted by Gasteiger charge is -2.20. The number of furan rings is 1. The molecule has 3 nitrogen and oxygen atoms in total. The van der Waals surface area contributed by atoms with Crippen LogP contribution in [0.4, 0.5) is 0 Å². The lowest BCUT2D eigenvalue weighted by Crippen LogP contribution is -2.38. The van der Waals surface area contributed by atoms with Crippen molar-refractivity contribution in [1.82, 2.24) is 5.32 Å². The van der Waals surface area contributed by atoms with Crippen LogP contribution in [-0.2, 0) is 0 Å². The van der Waals surface area contributed by atoms with Gasteiger partial charge in [0.25, 0.3) is 0 Å². The fraction of sp³-hybridized carbons (Fsp3) is 0.600. The zero-order valence-electron chi connectivity index (χ0n) is 8.13. The molecule has 1 unspecified atom stereocenters. The molecule has 0 aliphatic heterocycles. The Morgan fingerprint density at radius 2 is 2.23 bits per heavy atom. The van der Waals surface area contributed by atoms with E-state index in [0.717, 1.165) is 24.4 Å². The van der Waals surface area contributed by atoms with Gasteiger partial charge in [0.05, 0.1) is 6.04 Å². The van der Waals surface area contributed by atoms with Gasteiger partial charge in [0, 0.05) is 5.54 Å². The number of nitrogens with one attached hydrogen (secondary N) is 1. The number of rotatable bonds is 3. The fourth-order valence-corrected chi connectivity index (χ4v) is 1.75. The highest BCUT2D eigenvalue weighted by Gasteiger charge is 2.47. The SMILES string of the molecule is CNC(c1ccc(C)o1)C1(N)CC1. The first-order chi connectivity index (χ1) is 6.15. The van der Waals surface area contributed by atoms with Crippen LogP contribution in [0.3, 0.4) is 0 Å². The van der Waals surface area contributed by atoms with E-state index in [2.05, 4.69) is 5.32 Å². The summed E-state index contributed by atoms with van der Waals surface area (Å²) in [4.78, 5) is 0. The van der Waals surface area contributed by atoms with Gasteiger partial charge in [0.15, 0.2) is 0 Å². The molecule has 1 aliphatic rings. The molecule has 1 fully saturated rings. The summed E-state index contributed by atoms with van der Waals surface area (Å²) in [5.74, 6) is 1.90. The van der Waals surface area contributed by atoms with E-state index in [-0.39, 0.29) is 11.6 Å². The molecule has 1 aliphatic carbocycles. The van der Waals surface area contributed by atoms with Crippen LogP contribution in [0, 0.1) is 6.92 Å². The van der Waals surface area contributed by atoms with E-state index in [1.165, 1.54) is 0 Å². The monoisotopic (exact) mass is 180 g/mol. The predicted molar refractivity (Wildman–Crippen MR) is 51.4 cm³/mol. The average molecular weight is 180 g/mol. The predicted octanol–water partition coefficient (Wildman–Crippen LogP) is 1.34. The van der Waals surface area contributed by atoms with Gasteiger partial charge in [-0.1, -0.05) is 0 Å². The van der Waals surface area contributed by atoms with Crippen molar-refractivity contribution < 1.29 is 4.42 Å². The Morgan fingerprint density at radius 3 is 2.62 bits per heavy atom. The molecule has 13 heavy (non-hydrogen) atoms. The Balaban J connectivity index is 2.22. The molecule has 0 radical (unpaired) electrons. The Kier molecular flexibility index (Phi) is 1.93. The first-order valence-electron chi connectivity index (χ1n) is 4.68. The van der Waals surface area contributed by atoms with E-state index in [4.69, 9.17) is 10.2 Å². The van der Waals surface area contributed by atoms with Crippen LogP contribution in [0.25, 0.3) is 0 Å². The molecule has 0 amide bonds. The van der Waals surface area contributed by atoms with Gasteiger partial charge in [-0.15, -0.1) is 0 Å². The largest absolute Gasteiger partial charge is 0.465 e. The molecule has 1 saturated carbocycles. The minimum atomic E-state index is -0.0704. The van der Waals surface area contributed by atoms with E-state index >= 15 is 0 Å². The standard InChI is InChI=1S/C10H16N2O/c1-7-3-4-8(13-7)9(12-2)10(11)5-6-10/h3-4,9,12H,5-6,11H2,1-2H3. The summed E-state index contributed by atoms with van der Waals surface area (Å²) < 4.78 is 5.56. The van der Waals surface area contributed by atoms with Gasteiger partial charge in [0.1, 0.15) is 11.5 Å². The van der Waals surface area contributed by atoms with Gasteiger partial charge in [-0.25, -0.2) is 0 Å². The van der Waals surface area contributed by atoms with Crippen LogP contribution in [0.5, 0.6) is 0 Å². The van der Waals surface area contributed by atoms with Crippen LogP contribution in [-0.4, -0.2) is 12.6 Å². The molecule has 3 heteroatoms. The molecule has 0 bridgehead atoms. The molecule has 3 N–H and O–H groups in total. The van der Waals surface area contributed by atoms with Gasteiger partial charge < -0.3 is 15.5 Å². The maximum atomic E-state index is 6.12. The molecule has 1 atom stereocenters. The minimum Gasteiger partial charge on any atom is -0.465 e. The Hall–Kier alpha value is -0.800. The van der Waals surface area contributed by atoms with Crippen LogP contribution in [0.2, 0.25) is 0 Å². The zero-order chi connectivity index (χ0) is 9.47. The van der Waals surface area contributed by atoms with Crippen molar-refractivity contribution in [3.05, 3.63) is 23.7 Å². The van der Waals surface area contributed by atoms with Crippen LogP contribution < -0.4 is 11.1 Å². The summed E-state index contributed by atoms with van der Waals surface area (Å²) in [5, 5.41) is 3.22. The van der Waals surface area contributed by atoms with Gasteiger partial charge in [-0.2, -0.15) is 0 Å². The van der Waals surface area contributed by atoms with Crippen LogP contribution in [0.15, 0.2) is 16.5 Å². The molecule has 0 aromatic carbocycles. The highest BCUT2D eigenvalue weighted by atomic mass is 16.3. The Bertz CT molecular complexity index is 302. The second kappa shape index (κ2) is 2.86. The van der Waals surface area contributed by atoms with Gasteiger partial charge in [-0.05, 0) is 38.9 Å². The second-order valence-electron chi connectivity index (χ2n) is 3.90. The average Bonchev–Trinajstić information content (AvgIpc) is 2.67. The third-order valence-electron chi connectivity index (χ3n) is 2.74. The molecular formula is C10H16N2O. The topological polar surface area (TPSA) is 51.2 Å². The molecular weight excluding hydrogens is 164 g/mol. The van der Waals surface area contributed by atoms with Crippen molar-refractivity contribution in [2.24, 2.45) is 5.73 Å². The third kappa shape index (κ3) is 1.49. The summed E-state index contributed by atoms with van der Waals surface area (Å²) in [5.41, 5.74) is 6.05. The molecule has 0 spiro atoms. The first kappa shape index (κ1) is 8.78. The summed E-state index contributed by atoms with van der Waals surface area (Å²) >= 11 is 0. The van der Waals surface area contributed by atoms with E-state index in [1.807, 2.05) is 26.1 Å². The molecule has 1 aromatic rings. The van der Waals surface area contributed by atoms with Crippen molar-refractivity contribution in [2.75, 3.05) is 7.05 Å². The lowest BCUT2D eigenvalue weighted by molar-refractivity contribution is 0.363. The van der Waals surface area contributed by atoms with Crippen molar-refractivity contribution in [3.8, 4) is 0 Å². The molecule has 72 valence electrons. The maximum absolute atomic E-state index is 6.12. The highest BCUT2D eigenvalue weighted by Crippen LogP contribution is 2.43. The number of hydrogen-bond acceptors (Lipinski definition) is 3. The van der Waals surface area contributed by atoms with Crippen molar-refractivity contribution >= 4 is 0 Å². The number of nitrogens with two attached hydrogens (primary N) is 1. The van der Waals surface area contributed by atoms with E-state index < -0.39 is 0 Å². The van der Waals surface area contributed by atoms with Crippen molar-refractivity contribution in [3.63, 3.8) is 0 Å². The zero-order valence-corrected chi connectivity index (χ0v) is 8.13.